The highest BCUT2D eigenvalue weighted by atomic mass is 16.5. The van der Waals surface area contributed by atoms with Crippen molar-refractivity contribution in [2.24, 2.45) is 5.92 Å². The molecule has 1 saturated heterocycles. The molecule has 0 atom stereocenters. The number of rotatable bonds is 3. The average molecular weight is 261 g/mol. The quantitative estimate of drug-likeness (QED) is 0.784. The second kappa shape index (κ2) is 6.20. The van der Waals surface area contributed by atoms with Crippen LogP contribution in [0.3, 0.4) is 0 Å². The predicted molar refractivity (Wildman–Crippen MR) is 75.9 cm³/mol. The lowest BCUT2D eigenvalue weighted by Gasteiger charge is -2.30. The lowest BCUT2D eigenvalue weighted by atomic mass is 9.96. The lowest BCUT2D eigenvalue weighted by Crippen LogP contribution is -2.36. The number of ether oxygens (including phenoxy) is 1. The molecule has 1 aromatic carbocycles. The lowest BCUT2D eigenvalue weighted by molar-refractivity contribution is -0.147. The molecule has 1 aliphatic rings. The Labute approximate surface area is 115 Å². The molecular formula is C16H23NO2. The van der Waals surface area contributed by atoms with E-state index < -0.39 is 0 Å². The molecule has 0 amide bonds. The van der Waals surface area contributed by atoms with E-state index in [0.29, 0.717) is 0 Å². The van der Waals surface area contributed by atoms with E-state index in [-0.39, 0.29) is 11.9 Å². The summed E-state index contributed by atoms with van der Waals surface area (Å²) in [6.07, 6.45) is 1.83. The SMILES string of the molecule is COC(=O)C1CCN(Cc2ccc(C)c(C)c2)CC1. The summed E-state index contributed by atoms with van der Waals surface area (Å²) in [7, 11) is 1.48. The predicted octanol–water partition coefficient (Wildman–Crippen LogP) is 2.69. The molecule has 2 rings (SSSR count). The molecule has 1 heterocycles. The summed E-state index contributed by atoms with van der Waals surface area (Å²) in [5.74, 6) is 0.0480. The highest BCUT2D eigenvalue weighted by Crippen LogP contribution is 2.20. The van der Waals surface area contributed by atoms with Gasteiger partial charge in [0.05, 0.1) is 13.0 Å². The number of piperidine rings is 1. The van der Waals surface area contributed by atoms with Gasteiger partial charge in [0.2, 0.25) is 0 Å². The molecular weight excluding hydrogens is 238 g/mol. The van der Waals surface area contributed by atoms with Crippen molar-refractivity contribution < 1.29 is 9.53 Å². The summed E-state index contributed by atoms with van der Waals surface area (Å²) < 4.78 is 4.81. The minimum Gasteiger partial charge on any atom is -0.469 e. The Bertz CT molecular complexity index is 448. The third-order valence-electron chi connectivity index (χ3n) is 4.10. The highest BCUT2D eigenvalue weighted by Gasteiger charge is 2.25. The molecule has 1 aliphatic heterocycles. The van der Waals surface area contributed by atoms with Crippen LogP contribution in [-0.2, 0) is 16.1 Å². The van der Waals surface area contributed by atoms with Crippen molar-refractivity contribution in [1.82, 2.24) is 4.90 Å². The monoisotopic (exact) mass is 261 g/mol. The minimum absolute atomic E-state index is 0.0502. The number of likely N-dealkylation sites (tertiary alicyclic amines) is 1. The first kappa shape index (κ1) is 14.1. The molecule has 3 heteroatoms. The van der Waals surface area contributed by atoms with Gasteiger partial charge in [-0.1, -0.05) is 18.2 Å². The molecule has 19 heavy (non-hydrogen) atoms. The van der Waals surface area contributed by atoms with Gasteiger partial charge in [0.25, 0.3) is 0 Å². The van der Waals surface area contributed by atoms with Crippen LogP contribution in [0.4, 0.5) is 0 Å². The fourth-order valence-electron chi connectivity index (χ4n) is 2.65. The Balaban J connectivity index is 1.88. The van der Waals surface area contributed by atoms with E-state index in [1.807, 2.05) is 0 Å². The zero-order valence-corrected chi connectivity index (χ0v) is 12.1. The van der Waals surface area contributed by atoms with Crippen LogP contribution in [0.1, 0.15) is 29.5 Å². The van der Waals surface area contributed by atoms with Crippen LogP contribution >= 0.6 is 0 Å². The van der Waals surface area contributed by atoms with E-state index in [2.05, 4.69) is 36.9 Å². The number of benzene rings is 1. The Morgan fingerprint density at radius 3 is 2.53 bits per heavy atom. The maximum absolute atomic E-state index is 11.5. The number of methoxy groups -OCH3 is 1. The van der Waals surface area contributed by atoms with Gasteiger partial charge in [-0.15, -0.1) is 0 Å². The first-order chi connectivity index (χ1) is 9.10. The second-order valence-corrected chi connectivity index (χ2v) is 5.49. The first-order valence-corrected chi connectivity index (χ1v) is 6.96. The summed E-state index contributed by atoms with van der Waals surface area (Å²) in [6.45, 7) is 7.23. The summed E-state index contributed by atoms with van der Waals surface area (Å²) in [5.41, 5.74) is 4.05. The van der Waals surface area contributed by atoms with Crippen molar-refractivity contribution in [2.45, 2.75) is 33.2 Å². The Morgan fingerprint density at radius 2 is 1.95 bits per heavy atom. The first-order valence-electron chi connectivity index (χ1n) is 6.96. The Hall–Kier alpha value is -1.35. The van der Waals surface area contributed by atoms with Gasteiger partial charge in [0.1, 0.15) is 0 Å². The van der Waals surface area contributed by atoms with Gasteiger partial charge in [-0.05, 0) is 56.5 Å². The molecule has 3 nitrogen and oxygen atoms in total. The third-order valence-corrected chi connectivity index (χ3v) is 4.10. The second-order valence-electron chi connectivity index (χ2n) is 5.49. The summed E-state index contributed by atoms with van der Waals surface area (Å²) >= 11 is 0. The smallest absolute Gasteiger partial charge is 0.308 e. The van der Waals surface area contributed by atoms with Crippen molar-refractivity contribution in [2.75, 3.05) is 20.2 Å². The number of hydrogen-bond acceptors (Lipinski definition) is 3. The van der Waals surface area contributed by atoms with Gasteiger partial charge in [-0.2, -0.15) is 0 Å². The van der Waals surface area contributed by atoms with Crippen molar-refractivity contribution in [3.63, 3.8) is 0 Å². The van der Waals surface area contributed by atoms with E-state index in [1.54, 1.807) is 0 Å². The molecule has 1 aromatic rings. The van der Waals surface area contributed by atoms with Crippen LogP contribution in [0.5, 0.6) is 0 Å². The molecule has 0 unspecified atom stereocenters. The zero-order chi connectivity index (χ0) is 13.8. The largest absolute Gasteiger partial charge is 0.469 e. The van der Waals surface area contributed by atoms with Crippen LogP contribution < -0.4 is 0 Å². The number of esters is 1. The van der Waals surface area contributed by atoms with Crippen LogP contribution in [0, 0.1) is 19.8 Å². The van der Waals surface area contributed by atoms with Crippen molar-refractivity contribution >= 4 is 5.97 Å². The van der Waals surface area contributed by atoms with E-state index in [0.717, 1.165) is 32.5 Å². The minimum atomic E-state index is -0.0502. The molecule has 1 fully saturated rings. The molecule has 0 radical (unpaired) electrons. The molecule has 0 saturated carbocycles. The van der Waals surface area contributed by atoms with Crippen LogP contribution in [0.15, 0.2) is 18.2 Å². The Morgan fingerprint density at radius 1 is 1.26 bits per heavy atom. The van der Waals surface area contributed by atoms with Crippen molar-refractivity contribution in [1.29, 1.82) is 0 Å². The van der Waals surface area contributed by atoms with Crippen molar-refractivity contribution in [3.8, 4) is 0 Å². The molecule has 0 N–H and O–H groups in total. The summed E-state index contributed by atoms with van der Waals surface area (Å²) in [6, 6.07) is 6.66. The molecule has 0 spiro atoms. The number of hydrogen-bond donors (Lipinski definition) is 0. The summed E-state index contributed by atoms with van der Waals surface area (Å²) in [4.78, 5) is 13.9. The van der Waals surface area contributed by atoms with Gasteiger partial charge in [0, 0.05) is 6.54 Å². The van der Waals surface area contributed by atoms with Gasteiger partial charge in [-0.25, -0.2) is 0 Å². The highest BCUT2D eigenvalue weighted by molar-refractivity contribution is 5.72. The standard InChI is InChI=1S/C16H23NO2/c1-12-4-5-14(10-13(12)2)11-17-8-6-15(7-9-17)16(18)19-3/h4-5,10,15H,6-9,11H2,1-3H3. The number of nitrogens with zero attached hydrogens (tertiary/aromatic N) is 1. The summed E-state index contributed by atoms with van der Waals surface area (Å²) in [5, 5.41) is 0. The fourth-order valence-corrected chi connectivity index (χ4v) is 2.65. The topological polar surface area (TPSA) is 29.5 Å². The molecule has 104 valence electrons. The van der Waals surface area contributed by atoms with Crippen LogP contribution in [-0.4, -0.2) is 31.1 Å². The normalized spacial score (nSPS) is 17.4. The van der Waals surface area contributed by atoms with E-state index in [9.17, 15) is 4.79 Å². The number of aryl methyl sites for hydroxylation is 2. The third kappa shape index (κ3) is 3.57. The van der Waals surface area contributed by atoms with Crippen LogP contribution in [0.25, 0.3) is 0 Å². The van der Waals surface area contributed by atoms with E-state index >= 15 is 0 Å². The molecule has 0 aromatic heterocycles. The van der Waals surface area contributed by atoms with Gasteiger partial charge in [-0.3, -0.25) is 9.69 Å². The van der Waals surface area contributed by atoms with E-state index in [1.165, 1.54) is 23.8 Å². The Kier molecular flexibility index (Phi) is 4.59. The van der Waals surface area contributed by atoms with Crippen molar-refractivity contribution in [3.05, 3.63) is 34.9 Å². The fraction of sp³-hybridized carbons (Fsp3) is 0.562. The van der Waals surface area contributed by atoms with Crippen LogP contribution in [0.2, 0.25) is 0 Å². The maximum atomic E-state index is 11.5. The zero-order valence-electron chi connectivity index (χ0n) is 12.1. The number of carbonyl (C=O) groups excluding carboxylic acids is 1. The average Bonchev–Trinajstić information content (AvgIpc) is 2.43. The molecule has 0 bridgehead atoms. The van der Waals surface area contributed by atoms with Gasteiger partial charge < -0.3 is 4.74 Å². The molecule has 0 aliphatic carbocycles. The van der Waals surface area contributed by atoms with E-state index in [4.69, 9.17) is 4.74 Å². The number of carbonyl (C=O) groups is 1. The van der Waals surface area contributed by atoms with Gasteiger partial charge >= 0.3 is 5.97 Å². The van der Waals surface area contributed by atoms with Gasteiger partial charge in [0.15, 0.2) is 0 Å². The maximum Gasteiger partial charge on any atom is 0.308 e.